The highest BCUT2D eigenvalue weighted by Gasteiger charge is 2.36. The van der Waals surface area contributed by atoms with Crippen molar-refractivity contribution in [2.75, 3.05) is 19.5 Å². The smallest absolute Gasteiger partial charge is 0.259 e. The lowest BCUT2D eigenvalue weighted by atomic mass is 10.2. The Kier molecular flexibility index (Phi) is 6.03. The first-order chi connectivity index (χ1) is 14.9. The number of halogens is 1. The molecule has 2 aromatic heterocycles. The lowest BCUT2D eigenvalue weighted by molar-refractivity contribution is -0.0157. The number of methoxy groups -OCH3 is 2. The van der Waals surface area contributed by atoms with Gasteiger partial charge in [0.15, 0.2) is 0 Å². The van der Waals surface area contributed by atoms with Crippen molar-refractivity contribution in [2.45, 2.75) is 38.1 Å². The van der Waals surface area contributed by atoms with Crippen LogP contribution in [0.25, 0.3) is 10.2 Å². The molecule has 1 aromatic carbocycles. The normalized spacial score (nSPS) is 20.8. The fraction of sp³-hybridized carbons (Fsp3) is 0.381. The lowest BCUT2D eigenvalue weighted by Crippen LogP contribution is -2.23. The molecule has 0 aliphatic heterocycles. The molecule has 31 heavy (non-hydrogen) atoms. The van der Waals surface area contributed by atoms with E-state index in [1.54, 1.807) is 27.2 Å². The molecule has 0 bridgehead atoms. The predicted octanol–water partition coefficient (Wildman–Crippen LogP) is 3.55. The van der Waals surface area contributed by atoms with Gasteiger partial charge < -0.3 is 25.3 Å². The monoisotopic (exact) mass is 446 g/mol. The summed E-state index contributed by atoms with van der Waals surface area (Å²) in [6.45, 7) is 1.80. The number of benzene rings is 1. The molecule has 1 aliphatic rings. The van der Waals surface area contributed by atoms with E-state index >= 15 is 0 Å². The summed E-state index contributed by atoms with van der Waals surface area (Å²) in [6, 6.07) is 4.26. The van der Waals surface area contributed by atoms with Gasteiger partial charge in [-0.25, -0.2) is 14.4 Å². The first-order valence-electron chi connectivity index (χ1n) is 9.74. The molecule has 164 valence electrons. The zero-order valence-corrected chi connectivity index (χ0v) is 18.2. The molecular formula is C21H23FN4O4S. The fourth-order valence-corrected chi connectivity index (χ4v) is 4.92. The van der Waals surface area contributed by atoms with Crippen LogP contribution in [0.5, 0.6) is 5.75 Å². The molecular weight excluding hydrogens is 423 g/mol. The largest absolute Gasteiger partial charge is 0.488 e. The Bertz CT molecular complexity index is 1110. The minimum atomic E-state index is -0.515. The Balaban J connectivity index is 1.65. The molecule has 0 spiro atoms. The number of ether oxygens (including phenoxy) is 3. The van der Waals surface area contributed by atoms with Gasteiger partial charge in [-0.2, -0.15) is 0 Å². The molecule has 0 radical (unpaired) electrons. The van der Waals surface area contributed by atoms with Gasteiger partial charge in [-0.1, -0.05) is 0 Å². The number of aryl methyl sites for hydroxylation is 1. The number of thiophene rings is 1. The van der Waals surface area contributed by atoms with E-state index in [2.05, 4.69) is 15.3 Å². The molecule has 3 aromatic rings. The second-order valence-electron chi connectivity index (χ2n) is 7.35. The number of fused-ring (bicyclic) bond motifs is 1. The van der Waals surface area contributed by atoms with Gasteiger partial charge >= 0.3 is 0 Å². The van der Waals surface area contributed by atoms with Crippen molar-refractivity contribution in [3.63, 3.8) is 0 Å². The lowest BCUT2D eigenvalue weighted by Gasteiger charge is -2.18. The van der Waals surface area contributed by atoms with Crippen LogP contribution in [0.2, 0.25) is 0 Å². The van der Waals surface area contributed by atoms with Crippen LogP contribution in [0.1, 0.15) is 28.1 Å². The van der Waals surface area contributed by atoms with Crippen LogP contribution < -0.4 is 15.8 Å². The van der Waals surface area contributed by atoms with E-state index in [1.807, 2.05) is 0 Å². The van der Waals surface area contributed by atoms with E-state index in [-0.39, 0.29) is 18.3 Å². The Morgan fingerprint density at radius 1 is 1.23 bits per heavy atom. The van der Waals surface area contributed by atoms with Crippen molar-refractivity contribution in [3.8, 4) is 5.75 Å². The van der Waals surface area contributed by atoms with Crippen molar-refractivity contribution < 1.29 is 23.4 Å². The van der Waals surface area contributed by atoms with Gasteiger partial charge in [-0.3, -0.25) is 4.79 Å². The van der Waals surface area contributed by atoms with Gasteiger partial charge in [0, 0.05) is 33.1 Å². The number of nitrogens with one attached hydrogen (secondary N) is 1. The number of aromatic nitrogens is 2. The zero-order chi connectivity index (χ0) is 22.1. The van der Waals surface area contributed by atoms with E-state index in [0.29, 0.717) is 50.8 Å². The summed E-state index contributed by atoms with van der Waals surface area (Å²) in [5.41, 5.74) is 6.72. The van der Waals surface area contributed by atoms with E-state index in [4.69, 9.17) is 19.9 Å². The SMILES string of the molecule is CO[C@H]1C[C@@H](Oc2cc(F)ccc2Nc2ncnc3sc(C(N)=O)c(C)c23)C[C@H]1OC. The van der Waals surface area contributed by atoms with E-state index < -0.39 is 11.7 Å². The standard InChI is InChI=1S/C21H23FN4O4S/c1-10-17-20(24-9-25-21(17)31-18(10)19(23)27)26-13-5-4-11(22)6-14(13)30-12-7-15(28-2)16(8-12)29-3/h4-6,9,12,15-16H,7-8H2,1-3H3,(H2,23,27)(H,24,25,26)/t12-,15+,16-. The first kappa shape index (κ1) is 21.4. The van der Waals surface area contributed by atoms with Crippen LogP contribution in [0.15, 0.2) is 24.5 Å². The predicted molar refractivity (Wildman–Crippen MR) is 116 cm³/mol. The van der Waals surface area contributed by atoms with Crippen molar-refractivity contribution in [3.05, 3.63) is 40.8 Å². The van der Waals surface area contributed by atoms with Gasteiger partial charge in [0.2, 0.25) is 0 Å². The first-order valence-corrected chi connectivity index (χ1v) is 10.6. The van der Waals surface area contributed by atoms with Crippen LogP contribution in [0, 0.1) is 12.7 Å². The summed E-state index contributed by atoms with van der Waals surface area (Å²) in [5, 5.41) is 3.90. The summed E-state index contributed by atoms with van der Waals surface area (Å²) >= 11 is 1.21. The minimum absolute atomic E-state index is 0.0814. The third-order valence-electron chi connectivity index (χ3n) is 5.45. The van der Waals surface area contributed by atoms with Crippen molar-refractivity contribution in [2.24, 2.45) is 5.73 Å². The molecule has 1 saturated carbocycles. The summed E-state index contributed by atoms with van der Waals surface area (Å²) in [5.74, 6) is -0.0929. The minimum Gasteiger partial charge on any atom is -0.488 e. The molecule has 1 amide bonds. The van der Waals surface area contributed by atoms with E-state index in [0.717, 1.165) is 0 Å². The Labute approximate surface area is 182 Å². The number of hydrogen-bond acceptors (Lipinski definition) is 8. The number of amides is 1. The van der Waals surface area contributed by atoms with Crippen LogP contribution in [-0.2, 0) is 9.47 Å². The number of carbonyl (C=O) groups excluding carboxylic acids is 1. The molecule has 1 aliphatic carbocycles. The quantitative estimate of drug-likeness (QED) is 0.571. The number of nitrogens with zero attached hydrogens (tertiary/aromatic N) is 2. The third kappa shape index (κ3) is 4.18. The Morgan fingerprint density at radius 3 is 2.58 bits per heavy atom. The molecule has 3 atom stereocenters. The topological polar surface area (TPSA) is 109 Å². The highest BCUT2D eigenvalue weighted by molar-refractivity contribution is 7.20. The Morgan fingerprint density at radius 2 is 1.94 bits per heavy atom. The fourth-order valence-electron chi connectivity index (χ4n) is 3.92. The second-order valence-corrected chi connectivity index (χ2v) is 8.35. The molecule has 10 heteroatoms. The highest BCUT2D eigenvalue weighted by Crippen LogP contribution is 2.37. The van der Waals surface area contributed by atoms with Gasteiger partial charge in [-0.05, 0) is 24.6 Å². The van der Waals surface area contributed by atoms with Crippen LogP contribution in [0.4, 0.5) is 15.9 Å². The number of carbonyl (C=O) groups is 1. The maximum absolute atomic E-state index is 14.0. The molecule has 2 heterocycles. The Hall–Kier alpha value is -2.82. The van der Waals surface area contributed by atoms with Gasteiger partial charge in [0.05, 0.1) is 28.2 Å². The number of anilines is 2. The van der Waals surface area contributed by atoms with Crippen molar-refractivity contribution in [1.29, 1.82) is 0 Å². The summed E-state index contributed by atoms with van der Waals surface area (Å²) in [4.78, 5) is 21.4. The molecule has 0 saturated heterocycles. The number of rotatable bonds is 7. The summed E-state index contributed by atoms with van der Waals surface area (Å²) in [7, 11) is 3.27. The number of hydrogen-bond donors (Lipinski definition) is 2. The number of primary amides is 1. The third-order valence-corrected chi connectivity index (χ3v) is 6.67. The molecule has 8 nitrogen and oxygen atoms in total. The second kappa shape index (κ2) is 8.74. The van der Waals surface area contributed by atoms with Crippen LogP contribution >= 0.6 is 11.3 Å². The highest BCUT2D eigenvalue weighted by atomic mass is 32.1. The van der Waals surface area contributed by atoms with Gasteiger partial charge in [0.1, 0.15) is 34.6 Å². The zero-order valence-electron chi connectivity index (χ0n) is 17.3. The summed E-state index contributed by atoms with van der Waals surface area (Å²) in [6.07, 6.45) is 2.32. The molecule has 4 rings (SSSR count). The van der Waals surface area contributed by atoms with Crippen molar-refractivity contribution >= 4 is 39.0 Å². The summed E-state index contributed by atoms with van der Waals surface area (Å²) < 4.78 is 31.1. The van der Waals surface area contributed by atoms with Gasteiger partial charge in [-0.15, -0.1) is 11.3 Å². The maximum Gasteiger partial charge on any atom is 0.259 e. The number of nitrogens with two attached hydrogens (primary N) is 1. The van der Waals surface area contributed by atoms with Gasteiger partial charge in [0.25, 0.3) is 5.91 Å². The van der Waals surface area contributed by atoms with E-state index in [1.165, 1.54) is 29.8 Å². The average Bonchev–Trinajstić information content (AvgIpc) is 3.31. The molecule has 1 fully saturated rings. The van der Waals surface area contributed by atoms with E-state index in [9.17, 15) is 9.18 Å². The molecule has 0 unspecified atom stereocenters. The van der Waals surface area contributed by atoms with Crippen LogP contribution in [-0.4, -0.2) is 48.4 Å². The van der Waals surface area contributed by atoms with Crippen molar-refractivity contribution in [1.82, 2.24) is 9.97 Å². The average molecular weight is 447 g/mol. The molecule has 3 N–H and O–H groups in total. The maximum atomic E-state index is 14.0. The van der Waals surface area contributed by atoms with Crippen LogP contribution in [0.3, 0.4) is 0 Å².